The van der Waals surface area contributed by atoms with E-state index in [1.54, 1.807) is 0 Å². The maximum absolute atomic E-state index is 11.1. The van der Waals surface area contributed by atoms with Crippen LogP contribution in [0.1, 0.15) is 26.2 Å². The summed E-state index contributed by atoms with van der Waals surface area (Å²) in [6.07, 6.45) is 4.00. The first-order valence-electron chi connectivity index (χ1n) is 4.83. The van der Waals surface area contributed by atoms with Crippen LogP contribution in [-0.4, -0.2) is 31.2 Å². The second-order valence-electron chi connectivity index (χ2n) is 3.06. The summed E-state index contributed by atoms with van der Waals surface area (Å²) in [4.78, 5) is 11.1. The maximum atomic E-state index is 11.1. The van der Waals surface area contributed by atoms with Crippen LogP contribution in [0.2, 0.25) is 0 Å². The van der Waals surface area contributed by atoms with E-state index in [9.17, 15) is 4.79 Å². The van der Waals surface area contributed by atoms with Crippen molar-refractivity contribution < 1.29 is 14.3 Å². The van der Waals surface area contributed by atoms with Gasteiger partial charge in [0.25, 0.3) is 0 Å². The largest absolute Gasteiger partial charge is 0.353 e. The Morgan fingerprint density at radius 2 is 2.46 bits per heavy atom. The Bertz CT molecular complexity index is 155. The Morgan fingerprint density at radius 1 is 1.62 bits per heavy atom. The van der Waals surface area contributed by atoms with Gasteiger partial charge in [-0.15, -0.1) is 0 Å². The van der Waals surface area contributed by atoms with Crippen molar-refractivity contribution in [2.75, 3.05) is 19.4 Å². The monoisotopic (exact) mass is 204 g/mol. The van der Waals surface area contributed by atoms with Crippen molar-refractivity contribution in [3.8, 4) is 0 Å². The Morgan fingerprint density at radius 3 is 3.08 bits per heavy atom. The lowest BCUT2D eigenvalue weighted by molar-refractivity contribution is -0.165. The van der Waals surface area contributed by atoms with Crippen LogP contribution < -0.4 is 0 Å². The van der Waals surface area contributed by atoms with E-state index in [1.165, 1.54) is 0 Å². The summed E-state index contributed by atoms with van der Waals surface area (Å²) in [7, 11) is 0.390. The van der Waals surface area contributed by atoms with Crippen molar-refractivity contribution in [2.45, 2.75) is 32.5 Å². The lowest BCUT2D eigenvalue weighted by Gasteiger charge is -2.22. The number of carbonyl (C=O) groups excluding carboxylic acids is 1. The molecular weight excluding hydrogens is 187 g/mol. The van der Waals surface area contributed by atoms with E-state index >= 15 is 0 Å². The fraction of sp³-hybridized carbons (Fsp3) is 0.889. The molecular formula is C9H17O3P. The minimum Gasteiger partial charge on any atom is -0.353 e. The topological polar surface area (TPSA) is 35.5 Å². The molecule has 0 aliphatic carbocycles. The molecule has 1 aliphatic rings. The van der Waals surface area contributed by atoms with Gasteiger partial charge in [0.15, 0.2) is 11.8 Å². The molecule has 1 saturated heterocycles. The third-order valence-electron chi connectivity index (χ3n) is 1.91. The van der Waals surface area contributed by atoms with Gasteiger partial charge in [-0.05, 0) is 34.0 Å². The highest BCUT2D eigenvalue weighted by Gasteiger charge is 2.14. The summed E-state index contributed by atoms with van der Waals surface area (Å²) in [6.45, 7) is 3.01. The van der Waals surface area contributed by atoms with Gasteiger partial charge >= 0.3 is 0 Å². The molecule has 0 spiro atoms. The molecule has 1 heterocycles. The van der Waals surface area contributed by atoms with Crippen molar-refractivity contribution >= 4 is 14.1 Å². The van der Waals surface area contributed by atoms with E-state index in [1.807, 2.05) is 6.92 Å². The van der Waals surface area contributed by atoms with Gasteiger partial charge in [0, 0.05) is 6.61 Å². The molecule has 1 rings (SSSR count). The minimum absolute atomic E-state index is 0.126. The smallest absolute Gasteiger partial charge is 0.176 e. The van der Waals surface area contributed by atoms with Crippen molar-refractivity contribution in [1.29, 1.82) is 0 Å². The van der Waals surface area contributed by atoms with Crippen molar-refractivity contribution in [2.24, 2.45) is 0 Å². The normalized spacial score (nSPS) is 23.9. The standard InChI is InChI=1S/C9H17O3P/c1-2-13-8(10)7-12-9-5-3-4-6-11-9/h9,13H,2-7H2,1H3. The number of hydrogen-bond acceptors (Lipinski definition) is 3. The van der Waals surface area contributed by atoms with Gasteiger partial charge in [-0.25, -0.2) is 0 Å². The van der Waals surface area contributed by atoms with Crippen molar-refractivity contribution in [3.05, 3.63) is 0 Å². The summed E-state index contributed by atoms with van der Waals surface area (Å²) in [5.74, 6) is 0. The van der Waals surface area contributed by atoms with Crippen LogP contribution in [0.5, 0.6) is 0 Å². The zero-order valence-electron chi connectivity index (χ0n) is 8.04. The van der Waals surface area contributed by atoms with Crippen LogP contribution in [0.4, 0.5) is 0 Å². The summed E-state index contributed by atoms with van der Waals surface area (Å²) in [5.41, 5.74) is 0.205. The van der Waals surface area contributed by atoms with Gasteiger partial charge in [-0.3, -0.25) is 4.79 Å². The molecule has 0 aromatic rings. The zero-order valence-corrected chi connectivity index (χ0v) is 9.04. The predicted octanol–water partition coefficient (Wildman–Crippen LogP) is 1.75. The quantitative estimate of drug-likeness (QED) is 0.640. The predicted molar refractivity (Wildman–Crippen MR) is 53.4 cm³/mol. The molecule has 13 heavy (non-hydrogen) atoms. The highest BCUT2D eigenvalue weighted by Crippen LogP contribution is 2.16. The van der Waals surface area contributed by atoms with E-state index in [0.29, 0.717) is 8.58 Å². The van der Waals surface area contributed by atoms with Crippen LogP contribution in [0, 0.1) is 0 Å². The molecule has 76 valence electrons. The lowest BCUT2D eigenvalue weighted by Crippen LogP contribution is -2.24. The van der Waals surface area contributed by atoms with Crippen LogP contribution in [0.25, 0.3) is 0 Å². The Kier molecular flexibility index (Phi) is 5.52. The zero-order chi connectivity index (χ0) is 9.52. The number of hydrogen-bond donors (Lipinski definition) is 0. The molecule has 0 radical (unpaired) electrons. The molecule has 0 N–H and O–H groups in total. The highest BCUT2D eigenvalue weighted by molar-refractivity contribution is 7.57. The molecule has 2 unspecified atom stereocenters. The molecule has 0 amide bonds. The molecule has 0 aromatic carbocycles. The second-order valence-corrected chi connectivity index (χ2v) is 4.68. The fourth-order valence-corrected chi connectivity index (χ4v) is 1.84. The van der Waals surface area contributed by atoms with Gasteiger partial charge in [-0.1, -0.05) is 6.92 Å². The van der Waals surface area contributed by atoms with Crippen LogP contribution in [-0.2, 0) is 14.3 Å². The van der Waals surface area contributed by atoms with E-state index < -0.39 is 0 Å². The van der Waals surface area contributed by atoms with Gasteiger partial charge in [0.2, 0.25) is 0 Å². The number of rotatable bonds is 5. The van der Waals surface area contributed by atoms with E-state index in [2.05, 4.69) is 0 Å². The first kappa shape index (κ1) is 11.1. The summed E-state index contributed by atoms with van der Waals surface area (Å²) >= 11 is 0. The molecule has 4 heteroatoms. The van der Waals surface area contributed by atoms with Gasteiger partial charge in [0.1, 0.15) is 6.61 Å². The molecule has 1 fully saturated rings. The van der Waals surface area contributed by atoms with Crippen LogP contribution in [0.15, 0.2) is 0 Å². The third-order valence-corrected chi connectivity index (χ3v) is 2.80. The second kappa shape index (κ2) is 6.47. The summed E-state index contributed by atoms with van der Waals surface area (Å²) < 4.78 is 10.7. The fourth-order valence-electron chi connectivity index (χ4n) is 1.26. The Labute approximate surface area is 81.0 Å². The van der Waals surface area contributed by atoms with Crippen LogP contribution >= 0.6 is 8.58 Å². The maximum Gasteiger partial charge on any atom is 0.176 e. The number of carbonyl (C=O) groups is 1. The van der Waals surface area contributed by atoms with E-state index in [-0.39, 0.29) is 18.4 Å². The molecule has 1 aliphatic heterocycles. The Balaban J connectivity index is 2.06. The molecule has 0 bridgehead atoms. The van der Waals surface area contributed by atoms with E-state index in [4.69, 9.17) is 9.47 Å². The first-order valence-corrected chi connectivity index (χ1v) is 6.03. The van der Waals surface area contributed by atoms with E-state index in [0.717, 1.165) is 32.0 Å². The van der Waals surface area contributed by atoms with Crippen LogP contribution in [0.3, 0.4) is 0 Å². The van der Waals surface area contributed by atoms with Crippen molar-refractivity contribution in [3.63, 3.8) is 0 Å². The average molecular weight is 204 g/mol. The summed E-state index contributed by atoms with van der Waals surface area (Å²) in [5, 5.41) is 0. The third kappa shape index (κ3) is 4.70. The summed E-state index contributed by atoms with van der Waals surface area (Å²) in [6, 6.07) is 0. The molecule has 2 atom stereocenters. The lowest BCUT2D eigenvalue weighted by atomic mass is 10.2. The van der Waals surface area contributed by atoms with Gasteiger partial charge in [0.05, 0.1) is 0 Å². The molecule has 3 nitrogen and oxygen atoms in total. The average Bonchev–Trinajstić information content (AvgIpc) is 2.17. The SMILES string of the molecule is CCPC(=O)COC1CCCCO1. The first-order chi connectivity index (χ1) is 6.33. The van der Waals surface area contributed by atoms with Gasteiger partial charge < -0.3 is 9.47 Å². The molecule has 0 aromatic heterocycles. The molecule has 0 saturated carbocycles. The van der Waals surface area contributed by atoms with Crippen molar-refractivity contribution in [1.82, 2.24) is 0 Å². The van der Waals surface area contributed by atoms with Gasteiger partial charge in [-0.2, -0.15) is 0 Å². The highest BCUT2D eigenvalue weighted by atomic mass is 31.1. The minimum atomic E-state index is -0.126. The Hall–Kier alpha value is 0.0200. The number of ether oxygens (including phenoxy) is 2.